The third kappa shape index (κ3) is 1.59. The third-order valence-electron chi connectivity index (χ3n) is 4.43. The standard InChI is InChI=1S/C12H21NO/c1-9-11(4-7-14-9)13-8-12(5-6-12)10-2-3-10/h9-11,13H,2-8H2,1H3. The van der Waals surface area contributed by atoms with Crippen LogP contribution in [0.25, 0.3) is 0 Å². The quantitative estimate of drug-likeness (QED) is 0.740. The minimum absolute atomic E-state index is 0.435. The van der Waals surface area contributed by atoms with Gasteiger partial charge in [0.15, 0.2) is 0 Å². The Kier molecular flexibility index (Phi) is 2.10. The molecule has 2 unspecified atom stereocenters. The monoisotopic (exact) mass is 195 g/mol. The number of hydrogen-bond donors (Lipinski definition) is 1. The van der Waals surface area contributed by atoms with Gasteiger partial charge in [-0.15, -0.1) is 0 Å². The minimum Gasteiger partial charge on any atom is -0.377 e. The minimum atomic E-state index is 0.435. The molecule has 3 fully saturated rings. The van der Waals surface area contributed by atoms with Crippen molar-refractivity contribution in [1.82, 2.24) is 5.32 Å². The molecule has 3 aliphatic rings. The highest BCUT2D eigenvalue weighted by Crippen LogP contribution is 2.60. The summed E-state index contributed by atoms with van der Waals surface area (Å²) in [5, 5.41) is 3.73. The maximum Gasteiger partial charge on any atom is 0.0700 e. The summed E-state index contributed by atoms with van der Waals surface area (Å²) in [5.41, 5.74) is 0.738. The molecular weight excluding hydrogens is 174 g/mol. The summed E-state index contributed by atoms with van der Waals surface area (Å²) >= 11 is 0. The van der Waals surface area contributed by atoms with Crippen molar-refractivity contribution in [3.8, 4) is 0 Å². The molecule has 0 spiro atoms. The third-order valence-corrected chi connectivity index (χ3v) is 4.43. The van der Waals surface area contributed by atoms with E-state index in [-0.39, 0.29) is 0 Å². The molecular formula is C12H21NO. The van der Waals surface area contributed by atoms with Crippen LogP contribution in [0.1, 0.15) is 39.0 Å². The largest absolute Gasteiger partial charge is 0.377 e. The van der Waals surface area contributed by atoms with Crippen molar-refractivity contribution >= 4 is 0 Å². The second-order valence-corrected chi connectivity index (χ2v) is 5.49. The van der Waals surface area contributed by atoms with E-state index < -0.39 is 0 Å². The van der Waals surface area contributed by atoms with Gasteiger partial charge in [-0.2, -0.15) is 0 Å². The van der Waals surface area contributed by atoms with E-state index in [2.05, 4.69) is 12.2 Å². The summed E-state index contributed by atoms with van der Waals surface area (Å²) in [6.45, 7) is 4.41. The molecule has 0 bridgehead atoms. The van der Waals surface area contributed by atoms with Crippen LogP contribution in [0.2, 0.25) is 0 Å². The van der Waals surface area contributed by atoms with Crippen molar-refractivity contribution < 1.29 is 4.74 Å². The van der Waals surface area contributed by atoms with Crippen molar-refractivity contribution in [2.24, 2.45) is 11.3 Å². The summed E-state index contributed by atoms with van der Waals surface area (Å²) in [5.74, 6) is 1.08. The second-order valence-electron chi connectivity index (χ2n) is 5.49. The van der Waals surface area contributed by atoms with E-state index in [9.17, 15) is 0 Å². The molecule has 80 valence electrons. The van der Waals surface area contributed by atoms with Crippen molar-refractivity contribution in [1.29, 1.82) is 0 Å². The molecule has 3 rings (SSSR count). The van der Waals surface area contributed by atoms with Crippen molar-refractivity contribution in [3.05, 3.63) is 0 Å². The van der Waals surface area contributed by atoms with Crippen molar-refractivity contribution in [2.75, 3.05) is 13.2 Å². The van der Waals surface area contributed by atoms with Gasteiger partial charge in [0.05, 0.1) is 6.10 Å². The summed E-state index contributed by atoms with van der Waals surface area (Å²) in [6.07, 6.45) is 7.60. The van der Waals surface area contributed by atoms with E-state index in [1.807, 2.05) is 0 Å². The number of rotatable bonds is 4. The Morgan fingerprint density at radius 2 is 2.07 bits per heavy atom. The molecule has 1 saturated heterocycles. The fourth-order valence-corrected chi connectivity index (χ4v) is 2.92. The van der Waals surface area contributed by atoms with Gasteiger partial charge >= 0.3 is 0 Å². The summed E-state index contributed by atoms with van der Waals surface area (Å²) < 4.78 is 5.56. The molecule has 2 aliphatic carbocycles. The lowest BCUT2D eigenvalue weighted by Crippen LogP contribution is -2.38. The Morgan fingerprint density at radius 3 is 2.57 bits per heavy atom. The van der Waals surface area contributed by atoms with Gasteiger partial charge < -0.3 is 10.1 Å². The van der Waals surface area contributed by atoms with Crippen LogP contribution in [0.15, 0.2) is 0 Å². The highest BCUT2D eigenvalue weighted by Gasteiger charge is 2.53. The van der Waals surface area contributed by atoms with Crippen LogP contribution in [-0.2, 0) is 4.74 Å². The summed E-state index contributed by atoms with van der Waals surface area (Å²) in [7, 11) is 0. The van der Waals surface area contributed by atoms with Crippen LogP contribution in [0, 0.1) is 11.3 Å². The average Bonchev–Trinajstić information content (AvgIpc) is 3.04. The van der Waals surface area contributed by atoms with Crippen LogP contribution in [-0.4, -0.2) is 25.3 Å². The first-order chi connectivity index (χ1) is 6.80. The molecule has 2 atom stereocenters. The van der Waals surface area contributed by atoms with Crippen molar-refractivity contribution in [3.63, 3.8) is 0 Å². The molecule has 2 heteroatoms. The Bertz CT molecular complexity index is 220. The van der Waals surface area contributed by atoms with E-state index in [0.29, 0.717) is 12.1 Å². The Balaban J connectivity index is 1.49. The number of hydrogen-bond acceptors (Lipinski definition) is 2. The fraction of sp³-hybridized carbons (Fsp3) is 1.00. The molecule has 1 heterocycles. The van der Waals surface area contributed by atoms with Gasteiger partial charge in [-0.1, -0.05) is 0 Å². The molecule has 2 nitrogen and oxygen atoms in total. The highest BCUT2D eigenvalue weighted by atomic mass is 16.5. The molecule has 1 N–H and O–H groups in total. The first-order valence-electron chi connectivity index (χ1n) is 6.15. The van der Waals surface area contributed by atoms with Gasteiger partial charge in [0.2, 0.25) is 0 Å². The molecule has 0 aromatic carbocycles. The lowest BCUT2D eigenvalue weighted by Gasteiger charge is -2.21. The SMILES string of the molecule is CC1OCCC1NCC1(C2CC2)CC1. The lowest BCUT2D eigenvalue weighted by atomic mass is 9.99. The summed E-state index contributed by atoms with van der Waals surface area (Å²) in [4.78, 5) is 0. The topological polar surface area (TPSA) is 21.3 Å². The predicted octanol–water partition coefficient (Wildman–Crippen LogP) is 1.94. The van der Waals surface area contributed by atoms with Gasteiger partial charge in [0.1, 0.15) is 0 Å². The van der Waals surface area contributed by atoms with Gasteiger partial charge in [-0.3, -0.25) is 0 Å². The Morgan fingerprint density at radius 1 is 1.29 bits per heavy atom. The second kappa shape index (κ2) is 3.21. The van der Waals surface area contributed by atoms with Gasteiger partial charge in [-0.05, 0) is 50.4 Å². The molecule has 0 amide bonds. The first-order valence-corrected chi connectivity index (χ1v) is 6.15. The zero-order chi connectivity index (χ0) is 9.60. The van der Waals surface area contributed by atoms with E-state index in [1.54, 1.807) is 0 Å². The van der Waals surface area contributed by atoms with Crippen LogP contribution < -0.4 is 5.32 Å². The van der Waals surface area contributed by atoms with Gasteiger partial charge in [-0.25, -0.2) is 0 Å². The highest BCUT2D eigenvalue weighted by molar-refractivity contribution is 5.05. The predicted molar refractivity (Wildman–Crippen MR) is 56.2 cm³/mol. The average molecular weight is 195 g/mol. The molecule has 0 radical (unpaired) electrons. The lowest BCUT2D eigenvalue weighted by molar-refractivity contribution is 0.111. The summed E-state index contributed by atoms with van der Waals surface area (Å²) in [6, 6.07) is 0.631. The van der Waals surface area contributed by atoms with E-state index in [4.69, 9.17) is 4.74 Å². The van der Waals surface area contributed by atoms with Crippen LogP contribution >= 0.6 is 0 Å². The zero-order valence-corrected chi connectivity index (χ0v) is 9.09. The van der Waals surface area contributed by atoms with Crippen LogP contribution in [0.3, 0.4) is 0 Å². The van der Waals surface area contributed by atoms with Crippen LogP contribution in [0.4, 0.5) is 0 Å². The molecule has 14 heavy (non-hydrogen) atoms. The molecule has 1 aliphatic heterocycles. The van der Waals surface area contributed by atoms with E-state index in [0.717, 1.165) is 17.9 Å². The maximum absolute atomic E-state index is 5.56. The smallest absolute Gasteiger partial charge is 0.0700 e. The van der Waals surface area contributed by atoms with E-state index in [1.165, 1.54) is 38.6 Å². The fourth-order valence-electron chi connectivity index (χ4n) is 2.92. The number of ether oxygens (including phenoxy) is 1. The zero-order valence-electron chi connectivity index (χ0n) is 9.09. The maximum atomic E-state index is 5.56. The van der Waals surface area contributed by atoms with Crippen molar-refractivity contribution in [2.45, 2.75) is 51.2 Å². The number of nitrogens with one attached hydrogen (secondary N) is 1. The molecule has 2 saturated carbocycles. The molecule has 0 aromatic rings. The van der Waals surface area contributed by atoms with Gasteiger partial charge in [0, 0.05) is 19.2 Å². The first kappa shape index (κ1) is 9.17. The van der Waals surface area contributed by atoms with Crippen LogP contribution in [0.5, 0.6) is 0 Å². The Labute approximate surface area is 86.4 Å². The van der Waals surface area contributed by atoms with Gasteiger partial charge in [0.25, 0.3) is 0 Å². The Hall–Kier alpha value is -0.0800. The normalized spacial score (nSPS) is 40.1. The van der Waals surface area contributed by atoms with E-state index >= 15 is 0 Å². The molecule has 0 aromatic heterocycles.